The van der Waals surface area contributed by atoms with Gasteiger partial charge in [0.05, 0.1) is 11.0 Å². The van der Waals surface area contributed by atoms with Crippen molar-refractivity contribution < 1.29 is 41.0 Å². The lowest BCUT2D eigenvalue weighted by Crippen LogP contribution is -2.60. The average molecular weight is 456 g/mol. The molecule has 0 spiro atoms. The second kappa shape index (κ2) is 8.99. The summed E-state index contributed by atoms with van der Waals surface area (Å²) in [6.45, 7) is -0.488. The topological polar surface area (TPSA) is 96.6 Å². The first-order valence-corrected chi connectivity index (χ1v) is 8.76. The molecule has 8 nitrogen and oxygen atoms in total. The molecule has 1 fully saturated rings. The van der Waals surface area contributed by atoms with E-state index in [1.165, 1.54) is 9.13 Å². The largest absolute Gasteiger partial charge is 0.490 e. The lowest BCUT2D eigenvalue weighted by molar-refractivity contribution is -0.193. The summed E-state index contributed by atoms with van der Waals surface area (Å²) in [4.78, 5) is 34.5. The van der Waals surface area contributed by atoms with Crippen LogP contribution in [0.2, 0.25) is 0 Å². The Hall–Kier alpha value is -3.03. The van der Waals surface area contributed by atoms with Crippen LogP contribution in [0.4, 0.5) is 26.3 Å². The van der Waals surface area contributed by atoms with Crippen LogP contribution in [0, 0.1) is 0 Å². The third-order valence-corrected chi connectivity index (χ3v) is 4.53. The lowest BCUT2D eigenvalue weighted by atomic mass is 10.2. The van der Waals surface area contributed by atoms with Crippen molar-refractivity contribution >= 4 is 22.9 Å². The van der Waals surface area contributed by atoms with Gasteiger partial charge < -0.3 is 15.3 Å². The van der Waals surface area contributed by atoms with E-state index >= 15 is 0 Å². The molecule has 0 radical (unpaired) electrons. The van der Waals surface area contributed by atoms with Gasteiger partial charge in [0.2, 0.25) is 5.91 Å². The smallest absolute Gasteiger partial charge is 0.475 e. The summed E-state index contributed by atoms with van der Waals surface area (Å²) in [6.07, 6.45) is -9.59. The monoisotopic (exact) mass is 456 g/mol. The van der Waals surface area contributed by atoms with Crippen LogP contribution >= 0.6 is 0 Å². The molecule has 1 atom stereocenters. The first-order valence-electron chi connectivity index (χ1n) is 8.76. The standard InChI is InChI=1S/C15H17F3N4O2.C2HF3O2/c1-20-10-4-2-3-5-11(10)22(14(20)24)9-13(23)21-7-6-19-8-12(21)15(16,17)18;3-2(4,5)1(6)7/h2-5,12,19H,6-9H2,1H3;(H,6,7). The predicted octanol–water partition coefficient (Wildman–Crippen LogP) is 1.34. The number of halogens is 6. The van der Waals surface area contributed by atoms with Crippen molar-refractivity contribution in [3.63, 3.8) is 0 Å². The molecule has 1 aromatic carbocycles. The molecular weight excluding hydrogens is 438 g/mol. The van der Waals surface area contributed by atoms with E-state index in [2.05, 4.69) is 5.32 Å². The third-order valence-electron chi connectivity index (χ3n) is 4.53. The van der Waals surface area contributed by atoms with Gasteiger partial charge in [-0.1, -0.05) is 12.1 Å². The minimum Gasteiger partial charge on any atom is -0.475 e. The molecule has 1 aliphatic rings. The summed E-state index contributed by atoms with van der Waals surface area (Å²) in [6, 6.07) is 4.99. The summed E-state index contributed by atoms with van der Waals surface area (Å²) >= 11 is 0. The fraction of sp³-hybridized carbons (Fsp3) is 0.471. The Labute approximate surface area is 170 Å². The molecule has 1 unspecified atom stereocenters. The summed E-state index contributed by atoms with van der Waals surface area (Å²) in [5.41, 5.74) is 0.725. The van der Waals surface area contributed by atoms with Gasteiger partial charge in [0.25, 0.3) is 0 Å². The van der Waals surface area contributed by atoms with Crippen molar-refractivity contribution in [2.24, 2.45) is 7.05 Å². The lowest BCUT2D eigenvalue weighted by Gasteiger charge is -2.37. The number of carboxylic acids is 1. The van der Waals surface area contributed by atoms with Crippen molar-refractivity contribution in [1.29, 1.82) is 0 Å². The van der Waals surface area contributed by atoms with E-state index in [0.717, 1.165) is 4.90 Å². The molecule has 0 saturated carbocycles. The summed E-state index contributed by atoms with van der Waals surface area (Å²) in [7, 11) is 1.56. The third kappa shape index (κ3) is 5.57. The molecule has 0 aliphatic carbocycles. The number of para-hydroxylation sites is 2. The van der Waals surface area contributed by atoms with Crippen LogP contribution in [-0.4, -0.2) is 69.0 Å². The number of aryl methyl sites for hydroxylation is 1. The quantitative estimate of drug-likeness (QED) is 0.665. The highest BCUT2D eigenvalue weighted by Crippen LogP contribution is 2.26. The minimum absolute atomic E-state index is 0.0392. The molecule has 31 heavy (non-hydrogen) atoms. The number of aliphatic carboxylic acids is 1. The fourth-order valence-electron chi connectivity index (χ4n) is 3.04. The van der Waals surface area contributed by atoms with Gasteiger partial charge in [-0.2, -0.15) is 26.3 Å². The fourth-order valence-corrected chi connectivity index (χ4v) is 3.04. The maximum absolute atomic E-state index is 13.1. The van der Waals surface area contributed by atoms with Crippen LogP contribution in [0.25, 0.3) is 11.0 Å². The number of carbonyl (C=O) groups is 2. The number of hydrogen-bond donors (Lipinski definition) is 2. The van der Waals surface area contributed by atoms with Gasteiger partial charge in [-0.15, -0.1) is 0 Å². The number of nitrogens with one attached hydrogen (secondary N) is 1. The second-order valence-corrected chi connectivity index (χ2v) is 6.57. The first-order chi connectivity index (χ1) is 14.2. The SMILES string of the molecule is Cn1c(=O)n(CC(=O)N2CCNCC2C(F)(F)F)c2ccccc21.O=C(O)C(F)(F)F. The molecule has 2 heterocycles. The summed E-state index contributed by atoms with van der Waals surface area (Å²) < 4.78 is 73.7. The maximum atomic E-state index is 13.1. The molecular formula is C17H18F6N4O4. The van der Waals surface area contributed by atoms with Crippen LogP contribution in [0.15, 0.2) is 29.1 Å². The maximum Gasteiger partial charge on any atom is 0.490 e. The van der Waals surface area contributed by atoms with Crippen molar-refractivity contribution in [3.8, 4) is 0 Å². The van der Waals surface area contributed by atoms with Crippen LogP contribution in [0.5, 0.6) is 0 Å². The summed E-state index contributed by atoms with van der Waals surface area (Å²) in [5, 5.41) is 9.77. The number of hydrogen-bond acceptors (Lipinski definition) is 4. The number of carbonyl (C=O) groups excluding carboxylic acids is 1. The molecule has 2 aromatic rings. The van der Waals surface area contributed by atoms with E-state index < -0.39 is 42.5 Å². The Balaban J connectivity index is 0.000000423. The number of fused-ring (bicyclic) bond motifs is 1. The number of amides is 1. The van der Waals surface area contributed by atoms with Crippen LogP contribution in [0.1, 0.15) is 0 Å². The van der Waals surface area contributed by atoms with Gasteiger partial charge in [0.1, 0.15) is 12.6 Å². The number of nitrogens with zero attached hydrogens (tertiary/aromatic N) is 3. The number of rotatable bonds is 2. The Bertz CT molecular complexity index is 1010. The molecule has 0 bridgehead atoms. The molecule has 2 N–H and O–H groups in total. The second-order valence-electron chi connectivity index (χ2n) is 6.57. The zero-order valence-corrected chi connectivity index (χ0v) is 16.0. The Morgan fingerprint density at radius 3 is 2.19 bits per heavy atom. The van der Waals surface area contributed by atoms with E-state index in [1.807, 2.05) is 0 Å². The van der Waals surface area contributed by atoms with Gasteiger partial charge in [0.15, 0.2) is 0 Å². The zero-order valence-electron chi connectivity index (χ0n) is 16.0. The number of alkyl halides is 6. The van der Waals surface area contributed by atoms with E-state index in [9.17, 15) is 35.9 Å². The number of aromatic nitrogens is 2. The van der Waals surface area contributed by atoms with Crippen LogP contribution in [-0.2, 0) is 23.2 Å². The first kappa shape index (κ1) is 24.2. The average Bonchev–Trinajstić information content (AvgIpc) is 2.92. The van der Waals surface area contributed by atoms with E-state index in [1.54, 1.807) is 31.3 Å². The predicted molar refractivity (Wildman–Crippen MR) is 95.3 cm³/mol. The minimum atomic E-state index is -5.08. The number of piperazine rings is 1. The molecule has 1 aromatic heterocycles. The van der Waals surface area contributed by atoms with Gasteiger partial charge in [-0.05, 0) is 12.1 Å². The Morgan fingerprint density at radius 1 is 1.13 bits per heavy atom. The highest BCUT2D eigenvalue weighted by Gasteiger charge is 2.46. The van der Waals surface area contributed by atoms with E-state index in [0.29, 0.717) is 17.6 Å². The van der Waals surface area contributed by atoms with Crippen LogP contribution in [0.3, 0.4) is 0 Å². The molecule has 3 rings (SSSR count). The normalized spacial score (nSPS) is 17.3. The van der Waals surface area contributed by atoms with Gasteiger partial charge >= 0.3 is 24.0 Å². The molecule has 14 heteroatoms. The van der Waals surface area contributed by atoms with Crippen molar-refractivity contribution in [2.75, 3.05) is 19.6 Å². The molecule has 1 aliphatic heterocycles. The number of benzene rings is 1. The van der Waals surface area contributed by atoms with Gasteiger partial charge in [-0.3, -0.25) is 13.9 Å². The van der Waals surface area contributed by atoms with Gasteiger partial charge in [-0.25, -0.2) is 9.59 Å². The van der Waals surface area contributed by atoms with Gasteiger partial charge in [0, 0.05) is 26.7 Å². The number of imidazole rings is 1. The molecule has 172 valence electrons. The van der Waals surface area contributed by atoms with Crippen molar-refractivity contribution in [3.05, 3.63) is 34.7 Å². The van der Waals surface area contributed by atoms with Crippen molar-refractivity contribution in [2.45, 2.75) is 24.9 Å². The highest BCUT2D eigenvalue weighted by molar-refractivity contribution is 5.81. The number of carboxylic acid groups (broad SMARTS) is 1. The zero-order chi connectivity index (χ0) is 23.6. The van der Waals surface area contributed by atoms with Crippen molar-refractivity contribution in [1.82, 2.24) is 19.4 Å². The molecule has 1 saturated heterocycles. The van der Waals surface area contributed by atoms with Crippen LogP contribution < -0.4 is 11.0 Å². The highest BCUT2D eigenvalue weighted by atomic mass is 19.4. The van der Waals surface area contributed by atoms with E-state index in [4.69, 9.17) is 9.90 Å². The Morgan fingerprint density at radius 2 is 1.68 bits per heavy atom. The summed E-state index contributed by atoms with van der Waals surface area (Å²) in [5.74, 6) is -3.47. The van der Waals surface area contributed by atoms with E-state index in [-0.39, 0.29) is 13.1 Å². The molecule has 1 amide bonds. The Kier molecular flexibility index (Phi) is 7.03.